The van der Waals surface area contributed by atoms with Crippen molar-refractivity contribution in [3.05, 3.63) is 108 Å². The smallest absolute Gasteiger partial charge is 0.000663 e. The van der Waals surface area contributed by atoms with Gasteiger partial charge in [0.1, 0.15) is 0 Å². The van der Waals surface area contributed by atoms with Gasteiger partial charge in [-0.3, -0.25) is 0 Å². The highest BCUT2D eigenvalue weighted by atomic mass is 15.1. The number of nitrogens with zero attached hydrogens (tertiary/aromatic N) is 1. The van der Waals surface area contributed by atoms with E-state index >= 15 is 0 Å². The van der Waals surface area contributed by atoms with Gasteiger partial charge < -0.3 is 15.5 Å². The average Bonchev–Trinajstić information content (AvgIpc) is 2.93. The van der Waals surface area contributed by atoms with Gasteiger partial charge in [-0.05, 0) is 114 Å². The van der Waals surface area contributed by atoms with Gasteiger partial charge in [0.15, 0.2) is 0 Å². The summed E-state index contributed by atoms with van der Waals surface area (Å²) >= 11 is 0. The monoisotopic (exact) mass is 485 g/mol. The van der Waals surface area contributed by atoms with E-state index in [0.29, 0.717) is 0 Å². The first kappa shape index (κ1) is 28.1. The molecular formula is C33H47N3. The van der Waals surface area contributed by atoms with Gasteiger partial charge in [-0.1, -0.05) is 91.0 Å². The second-order valence-electron chi connectivity index (χ2n) is 9.82. The quantitative estimate of drug-likeness (QED) is 0.188. The van der Waals surface area contributed by atoms with Crippen molar-refractivity contribution in [2.75, 3.05) is 45.8 Å². The predicted molar refractivity (Wildman–Crippen MR) is 156 cm³/mol. The highest BCUT2D eigenvalue weighted by Gasteiger charge is 2.05. The molecule has 0 unspecified atom stereocenters. The number of nitrogens with one attached hydrogen (secondary N) is 2. The molecule has 0 aliphatic heterocycles. The van der Waals surface area contributed by atoms with Crippen LogP contribution in [0.25, 0.3) is 0 Å². The third-order valence-corrected chi connectivity index (χ3v) is 6.76. The summed E-state index contributed by atoms with van der Waals surface area (Å²) in [6.07, 6.45) is 9.60. The molecule has 2 N–H and O–H groups in total. The molecule has 0 saturated heterocycles. The van der Waals surface area contributed by atoms with Gasteiger partial charge in [-0.2, -0.15) is 0 Å². The van der Waals surface area contributed by atoms with Crippen LogP contribution in [-0.4, -0.2) is 50.7 Å². The van der Waals surface area contributed by atoms with E-state index in [4.69, 9.17) is 0 Å². The first-order valence-corrected chi connectivity index (χ1v) is 14.2. The van der Waals surface area contributed by atoms with Gasteiger partial charge in [0.05, 0.1) is 0 Å². The molecule has 0 spiro atoms. The van der Waals surface area contributed by atoms with Crippen molar-refractivity contribution in [2.24, 2.45) is 0 Å². The standard InChI is InChI=1S/C33H47N3/c1-4-15-31(16-5-1)21-10-24-34-26-13-29-36(28-12-23-33-19-8-3-9-20-33)30-14-27-35-25-11-22-32-17-6-2-7-18-32/h1-9,15-20,34-35H,10-14,21-30H2. The van der Waals surface area contributed by atoms with Crippen LogP contribution in [-0.2, 0) is 19.3 Å². The SMILES string of the molecule is c1ccc(CCCNCCCN(CCCNCCCc2ccccc2)CCCc2ccccc2)cc1. The molecule has 0 fully saturated rings. The maximum atomic E-state index is 3.66. The molecule has 0 saturated carbocycles. The normalized spacial score (nSPS) is 11.2. The van der Waals surface area contributed by atoms with E-state index in [0.717, 1.165) is 39.0 Å². The third-order valence-electron chi connectivity index (χ3n) is 6.76. The Morgan fingerprint density at radius 2 is 0.722 bits per heavy atom. The summed E-state index contributed by atoms with van der Waals surface area (Å²) in [4.78, 5) is 2.68. The fraction of sp³-hybridized carbons (Fsp3) is 0.455. The van der Waals surface area contributed by atoms with E-state index in [9.17, 15) is 0 Å². The summed E-state index contributed by atoms with van der Waals surface area (Å²) in [5.74, 6) is 0. The largest absolute Gasteiger partial charge is 0.317 e. The molecule has 194 valence electrons. The van der Waals surface area contributed by atoms with Gasteiger partial charge in [0, 0.05) is 0 Å². The van der Waals surface area contributed by atoms with Crippen LogP contribution in [0.3, 0.4) is 0 Å². The Morgan fingerprint density at radius 3 is 1.14 bits per heavy atom. The highest BCUT2D eigenvalue weighted by Crippen LogP contribution is 2.06. The van der Waals surface area contributed by atoms with Crippen LogP contribution in [0.5, 0.6) is 0 Å². The zero-order chi connectivity index (χ0) is 24.9. The maximum Gasteiger partial charge on any atom is -0.000663 e. The summed E-state index contributed by atoms with van der Waals surface area (Å²) < 4.78 is 0. The molecular weight excluding hydrogens is 438 g/mol. The van der Waals surface area contributed by atoms with Gasteiger partial charge in [0.2, 0.25) is 0 Å². The van der Waals surface area contributed by atoms with Gasteiger partial charge in [-0.15, -0.1) is 0 Å². The lowest BCUT2D eigenvalue weighted by molar-refractivity contribution is 0.261. The summed E-state index contributed by atoms with van der Waals surface area (Å²) in [6, 6.07) is 32.6. The van der Waals surface area contributed by atoms with E-state index in [1.165, 1.54) is 74.8 Å². The van der Waals surface area contributed by atoms with Gasteiger partial charge >= 0.3 is 0 Å². The Balaban J connectivity index is 1.26. The van der Waals surface area contributed by atoms with Crippen molar-refractivity contribution < 1.29 is 0 Å². The predicted octanol–water partition coefficient (Wildman–Crippen LogP) is 6.15. The first-order valence-electron chi connectivity index (χ1n) is 14.2. The van der Waals surface area contributed by atoms with Crippen LogP contribution in [0.15, 0.2) is 91.0 Å². The lowest BCUT2D eigenvalue weighted by Gasteiger charge is -2.22. The lowest BCUT2D eigenvalue weighted by Crippen LogP contribution is -2.32. The van der Waals surface area contributed by atoms with Crippen LogP contribution in [0.1, 0.15) is 48.8 Å². The minimum Gasteiger partial charge on any atom is -0.317 e. The number of hydrogen-bond acceptors (Lipinski definition) is 3. The van der Waals surface area contributed by atoms with Crippen LogP contribution in [0.4, 0.5) is 0 Å². The minimum absolute atomic E-state index is 1.11. The van der Waals surface area contributed by atoms with Crippen molar-refractivity contribution in [3.63, 3.8) is 0 Å². The summed E-state index contributed by atoms with van der Waals surface area (Å²) in [7, 11) is 0. The van der Waals surface area contributed by atoms with Crippen molar-refractivity contribution in [2.45, 2.75) is 51.4 Å². The van der Waals surface area contributed by atoms with Gasteiger partial charge in [0.25, 0.3) is 0 Å². The van der Waals surface area contributed by atoms with Crippen molar-refractivity contribution in [1.29, 1.82) is 0 Å². The Labute approximate surface area is 220 Å². The molecule has 0 heterocycles. The molecule has 0 aliphatic carbocycles. The van der Waals surface area contributed by atoms with E-state index in [1.807, 2.05) is 0 Å². The molecule has 0 radical (unpaired) electrons. The van der Waals surface area contributed by atoms with Crippen molar-refractivity contribution in [1.82, 2.24) is 15.5 Å². The zero-order valence-electron chi connectivity index (χ0n) is 22.2. The first-order chi connectivity index (χ1) is 17.9. The highest BCUT2D eigenvalue weighted by molar-refractivity contribution is 5.16. The fourth-order valence-corrected chi connectivity index (χ4v) is 4.72. The molecule has 0 aliphatic rings. The summed E-state index contributed by atoms with van der Waals surface area (Å²) in [5, 5.41) is 7.32. The Morgan fingerprint density at radius 1 is 0.389 bits per heavy atom. The number of rotatable bonds is 20. The Kier molecular flexibility index (Phi) is 14.7. The van der Waals surface area contributed by atoms with E-state index < -0.39 is 0 Å². The topological polar surface area (TPSA) is 27.3 Å². The fourth-order valence-electron chi connectivity index (χ4n) is 4.72. The number of aryl methyl sites for hydroxylation is 3. The lowest BCUT2D eigenvalue weighted by atomic mass is 10.1. The van der Waals surface area contributed by atoms with E-state index in [-0.39, 0.29) is 0 Å². The second-order valence-corrected chi connectivity index (χ2v) is 9.82. The molecule has 36 heavy (non-hydrogen) atoms. The average molecular weight is 486 g/mol. The maximum absolute atomic E-state index is 3.66. The molecule has 0 atom stereocenters. The molecule has 0 amide bonds. The minimum atomic E-state index is 1.11. The molecule has 0 aromatic heterocycles. The van der Waals surface area contributed by atoms with Crippen LogP contribution >= 0.6 is 0 Å². The van der Waals surface area contributed by atoms with E-state index in [2.05, 4.69) is 107 Å². The molecule has 3 aromatic rings. The van der Waals surface area contributed by atoms with Crippen molar-refractivity contribution in [3.8, 4) is 0 Å². The zero-order valence-corrected chi connectivity index (χ0v) is 22.2. The molecule has 3 aromatic carbocycles. The molecule has 3 heteroatoms. The van der Waals surface area contributed by atoms with Crippen LogP contribution in [0, 0.1) is 0 Å². The second kappa shape index (κ2) is 18.8. The van der Waals surface area contributed by atoms with E-state index in [1.54, 1.807) is 0 Å². The number of benzene rings is 3. The number of hydrogen-bond donors (Lipinski definition) is 2. The molecule has 0 bridgehead atoms. The molecule has 3 rings (SSSR count). The molecule has 3 nitrogen and oxygen atoms in total. The Bertz CT molecular complexity index is 829. The van der Waals surface area contributed by atoms with Crippen LogP contribution in [0.2, 0.25) is 0 Å². The summed E-state index contributed by atoms with van der Waals surface area (Å²) in [6.45, 7) is 8.01. The van der Waals surface area contributed by atoms with Crippen molar-refractivity contribution >= 4 is 0 Å². The van der Waals surface area contributed by atoms with Crippen LogP contribution < -0.4 is 10.6 Å². The summed E-state index contributed by atoms with van der Waals surface area (Å²) in [5.41, 5.74) is 4.34. The van der Waals surface area contributed by atoms with Gasteiger partial charge in [-0.25, -0.2) is 0 Å². The Hall–Kier alpha value is -2.46. The third kappa shape index (κ3) is 13.0.